The van der Waals surface area contributed by atoms with E-state index in [4.69, 9.17) is 0 Å². The van der Waals surface area contributed by atoms with E-state index in [9.17, 15) is 14.9 Å². The summed E-state index contributed by atoms with van der Waals surface area (Å²) in [6, 6.07) is 7.90. The third-order valence-corrected chi connectivity index (χ3v) is 3.94. The van der Waals surface area contributed by atoms with Crippen molar-refractivity contribution in [3.63, 3.8) is 0 Å². The SMILES string of the molecule is O=C(NCc1cccs1)c1ccc([N+](=O)[O-])cc1Br. The Bertz CT molecular complexity index is 613. The molecule has 0 bridgehead atoms. The molecule has 5 nitrogen and oxygen atoms in total. The van der Waals surface area contributed by atoms with Gasteiger partial charge in [0.2, 0.25) is 0 Å². The van der Waals surface area contributed by atoms with Gasteiger partial charge in [0.05, 0.1) is 17.0 Å². The monoisotopic (exact) mass is 340 g/mol. The van der Waals surface area contributed by atoms with Gasteiger partial charge in [-0.2, -0.15) is 0 Å². The molecule has 19 heavy (non-hydrogen) atoms. The number of non-ortho nitro benzene ring substituents is 1. The molecule has 0 aliphatic carbocycles. The van der Waals surface area contributed by atoms with Crippen molar-refractivity contribution >= 4 is 38.9 Å². The Labute approximate surface area is 121 Å². The number of nitro benzene ring substituents is 1. The molecule has 1 heterocycles. The summed E-state index contributed by atoms with van der Waals surface area (Å²) in [5.74, 6) is -0.268. The van der Waals surface area contributed by atoms with E-state index >= 15 is 0 Å². The molecule has 1 amide bonds. The number of carbonyl (C=O) groups excluding carboxylic acids is 1. The van der Waals surface area contributed by atoms with Gasteiger partial charge in [0, 0.05) is 21.5 Å². The molecule has 0 saturated carbocycles. The van der Waals surface area contributed by atoms with Gasteiger partial charge in [-0.1, -0.05) is 6.07 Å². The van der Waals surface area contributed by atoms with Crippen molar-refractivity contribution in [2.24, 2.45) is 0 Å². The second-order valence-electron chi connectivity index (χ2n) is 3.68. The van der Waals surface area contributed by atoms with E-state index in [0.29, 0.717) is 16.6 Å². The lowest BCUT2D eigenvalue weighted by molar-refractivity contribution is -0.384. The molecule has 1 N–H and O–H groups in total. The maximum Gasteiger partial charge on any atom is 0.270 e. The lowest BCUT2D eigenvalue weighted by atomic mass is 10.2. The van der Waals surface area contributed by atoms with Crippen LogP contribution in [-0.2, 0) is 6.54 Å². The molecule has 0 fully saturated rings. The number of carbonyl (C=O) groups is 1. The lowest BCUT2D eigenvalue weighted by Crippen LogP contribution is -2.22. The quantitative estimate of drug-likeness (QED) is 0.685. The number of thiophene rings is 1. The molecule has 98 valence electrons. The molecule has 0 atom stereocenters. The van der Waals surface area contributed by atoms with Gasteiger partial charge < -0.3 is 5.32 Å². The van der Waals surface area contributed by atoms with Crippen molar-refractivity contribution in [1.29, 1.82) is 0 Å². The fourth-order valence-corrected chi connectivity index (χ4v) is 2.67. The van der Waals surface area contributed by atoms with Crippen LogP contribution in [0.4, 0.5) is 5.69 Å². The Hall–Kier alpha value is -1.73. The van der Waals surface area contributed by atoms with Crippen LogP contribution in [0.3, 0.4) is 0 Å². The van der Waals surface area contributed by atoms with Gasteiger partial charge in [0.1, 0.15) is 0 Å². The van der Waals surface area contributed by atoms with E-state index in [1.807, 2.05) is 17.5 Å². The smallest absolute Gasteiger partial charge is 0.270 e. The van der Waals surface area contributed by atoms with E-state index < -0.39 is 4.92 Å². The summed E-state index contributed by atoms with van der Waals surface area (Å²) in [5.41, 5.74) is 0.323. The minimum Gasteiger partial charge on any atom is -0.347 e. The van der Waals surface area contributed by atoms with Gasteiger partial charge in [-0.05, 0) is 33.4 Å². The number of benzene rings is 1. The van der Waals surface area contributed by atoms with Crippen molar-refractivity contribution in [2.45, 2.75) is 6.54 Å². The number of rotatable bonds is 4. The molecular formula is C12H9BrN2O3S. The third-order valence-electron chi connectivity index (χ3n) is 2.41. The van der Waals surface area contributed by atoms with Crippen molar-refractivity contribution in [1.82, 2.24) is 5.32 Å². The van der Waals surface area contributed by atoms with Crippen LogP contribution in [0.25, 0.3) is 0 Å². The highest BCUT2D eigenvalue weighted by Crippen LogP contribution is 2.23. The van der Waals surface area contributed by atoms with E-state index in [0.717, 1.165) is 4.88 Å². The third kappa shape index (κ3) is 3.39. The summed E-state index contributed by atoms with van der Waals surface area (Å²) in [4.78, 5) is 23.1. The minimum atomic E-state index is -0.502. The van der Waals surface area contributed by atoms with E-state index in [1.165, 1.54) is 18.2 Å². The first-order valence-electron chi connectivity index (χ1n) is 5.32. The minimum absolute atomic E-state index is 0.0540. The van der Waals surface area contributed by atoms with Crippen LogP contribution in [0.1, 0.15) is 15.2 Å². The van der Waals surface area contributed by atoms with Gasteiger partial charge in [0.15, 0.2) is 0 Å². The molecule has 0 saturated heterocycles. The van der Waals surface area contributed by atoms with Gasteiger partial charge >= 0.3 is 0 Å². The van der Waals surface area contributed by atoms with Crippen molar-refractivity contribution < 1.29 is 9.72 Å². The Kier molecular flexibility index (Phi) is 4.28. The van der Waals surface area contributed by atoms with Crippen LogP contribution in [0.15, 0.2) is 40.2 Å². The molecule has 0 aliphatic heterocycles. The zero-order valence-corrected chi connectivity index (χ0v) is 12.0. The van der Waals surface area contributed by atoms with Crippen molar-refractivity contribution in [2.75, 3.05) is 0 Å². The highest BCUT2D eigenvalue weighted by molar-refractivity contribution is 9.10. The predicted molar refractivity (Wildman–Crippen MR) is 76.3 cm³/mol. The molecule has 0 radical (unpaired) electrons. The summed E-state index contributed by atoms with van der Waals surface area (Å²) < 4.78 is 0.408. The maximum atomic E-state index is 11.9. The molecule has 0 aliphatic rings. The lowest BCUT2D eigenvalue weighted by Gasteiger charge is -2.05. The predicted octanol–water partition coefficient (Wildman–Crippen LogP) is 3.35. The molecule has 0 spiro atoms. The van der Waals surface area contributed by atoms with E-state index in [1.54, 1.807) is 11.3 Å². The largest absolute Gasteiger partial charge is 0.347 e. The highest BCUT2D eigenvalue weighted by atomic mass is 79.9. The average Bonchev–Trinajstić information content (AvgIpc) is 2.88. The second kappa shape index (κ2) is 5.94. The van der Waals surface area contributed by atoms with E-state index in [2.05, 4.69) is 21.2 Å². The van der Waals surface area contributed by atoms with Gasteiger partial charge in [-0.25, -0.2) is 0 Å². The summed E-state index contributed by atoms with van der Waals surface area (Å²) >= 11 is 4.73. The first-order valence-corrected chi connectivity index (χ1v) is 6.99. The zero-order valence-electron chi connectivity index (χ0n) is 9.63. The summed E-state index contributed by atoms with van der Waals surface area (Å²) in [6.45, 7) is 0.444. The number of nitrogens with zero attached hydrogens (tertiary/aromatic N) is 1. The van der Waals surface area contributed by atoms with Crippen LogP contribution >= 0.6 is 27.3 Å². The molecule has 0 unspecified atom stereocenters. The summed E-state index contributed by atoms with van der Waals surface area (Å²) in [5, 5.41) is 15.3. The van der Waals surface area contributed by atoms with Crippen LogP contribution in [0.5, 0.6) is 0 Å². The normalized spacial score (nSPS) is 10.2. The van der Waals surface area contributed by atoms with E-state index in [-0.39, 0.29) is 11.6 Å². The molecular weight excluding hydrogens is 332 g/mol. The second-order valence-corrected chi connectivity index (χ2v) is 5.57. The number of nitro groups is 1. The fraction of sp³-hybridized carbons (Fsp3) is 0.0833. The molecule has 1 aromatic carbocycles. The highest BCUT2D eigenvalue weighted by Gasteiger charge is 2.14. The van der Waals surface area contributed by atoms with Crippen LogP contribution in [0, 0.1) is 10.1 Å². The number of amides is 1. The number of nitrogens with one attached hydrogen (secondary N) is 1. The Morgan fingerprint density at radius 3 is 2.79 bits per heavy atom. The first kappa shape index (κ1) is 13.7. The Morgan fingerprint density at radius 2 is 2.21 bits per heavy atom. The molecule has 7 heteroatoms. The van der Waals surface area contributed by atoms with Crippen molar-refractivity contribution in [3.8, 4) is 0 Å². The Morgan fingerprint density at radius 1 is 1.42 bits per heavy atom. The fourth-order valence-electron chi connectivity index (χ4n) is 1.48. The van der Waals surface area contributed by atoms with Crippen molar-refractivity contribution in [3.05, 3.63) is 60.7 Å². The Balaban J connectivity index is 2.09. The summed E-state index contributed by atoms with van der Waals surface area (Å²) in [7, 11) is 0. The molecule has 2 aromatic rings. The number of hydrogen-bond donors (Lipinski definition) is 1. The van der Waals surface area contributed by atoms with Gasteiger partial charge in [-0.15, -0.1) is 11.3 Å². The van der Waals surface area contributed by atoms with Gasteiger partial charge in [0.25, 0.3) is 11.6 Å². The van der Waals surface area contributed by atoms with Crippen LogP contribution in [-0.4, -0.2) is 10.8 Å². The molecule has 1 aromatic heterocycles. The van der Waals surface area contributed by atoms with Gasteiger partial charge in [-0.3, -0.25) is 14.9 Å². The summed E-state index contributed by atoms with van der Waals surface area (Å²) in [6.07, 6.45) is 0. The average molecular weight is 341 g/mol. The molecule has 2 rings (SSSR count). The number of halogens is 1. The van der Waals surface area contributed by atoms with Crippen LogP contribution in [0.2, 0.25) is 0 Å². The maximum absolute atomic E-state index is 11.9. The first-order chi connectivity index (χ1) is 9.08. The standard InChI is InChI=1S/C12H9BrN2O3S/c13-11-6-8(15(17)18)3-4-10(11)12(16)14-7-9-2-1-5-19-9/h1-6H,7H2,(H,14,16). The topological polar surface area (TPSA) is 72.2 Å². The van der Waals surface area contributed by atoms with Crippen LogP contribution < -0.4 is 5.32 Å². The zero-order chi connectivity index (χ0) is 13.8. The number of hydrogen-bond acceptors (Lipinski definition) is 4.